The highest BCUT2D eigenvalue weighted by molar-refractivity contribution is 5.61. The van der Waals surface area contributed by atoms with E-state index in [1.807, 2.05) is 0 Å². The van der Waals surface area contributed by atoms with E-state index >= 15 is 0 Å². The molecule has 5 heteroatoms. The quantitative estimate of drug-likeness (QED) is 0.827. The third kappa shape index (κ3) is 2.55. The highest BCUT2D eigenvalue weighted by Crippen LogP contribution is 2.30. The van der Waals surface area contributed by atoms with E-state index in [1.165, 1.54) is 12.1 Å². The maximum absolute atomic E-state index is 12.4. The predicted octanol–water partition coefficient (Wildman–Crippen LogP) is 3.35. The average molecular weight is 238 g/mol. The molecule has 1 aromatic heterocycles. The van der Waals surface area contributed by atoms with Gasteiger partial charge in [0, 0.05) is 5.56 Å². The standard InChI is InChI=1S/C12H9F3N2/c13-12(14,15)9-6-4-8(5-7-9)10-2-1-3-11(16)17-10/h1-7H,(H2,16,17). The van der Waals surface area contributed by atoms with Crippen LogP contribution in [0.2, 0.25) is 0 Å². The molecule has 0 aliphatic carbocycles. The summed E-state index contributed by atoms with van der Waals surface area (Å²) in [4.78, 5) is 4.03. The monoisotopic (exact) mass is 238 g/mol. The van der Waals surface area contributed by atoms with Crippen LogP contribution in [0.5, 0.6) is 0 Å². The second kappa shape index (κ2) is 4.08. The summed E-state index contributed by atoms with van der Waals surface area (Å²) in [7, 11) is 0. The van der Waals surface area contributed by atoms with Gasteiger partial charge in [-0.05, 0) is 24.3 Å². The fourth-order valence-electron chi connectivity index (χ4n) is 1.44. The van der Waals surface area contributed by atoms with Gasteiger partial charge in [0.1, 0.15) is 5.82 Å². The molecule has 0 fully saturated rings. The molecule has 0 atom stereocenters. The number of nitrogen functional groups attached to an aromatic ring is 1. The Bertz CT molecular complexity index is 518. The van der Waals surface area contributed by atoms with Crippen LogP contribution >= 0.6 is 0 Å². The van der Waals surface area contributed by atoms with E-state index < -0.39 is 11.7 Å². The summed E-state index contributed by atoms with van der Waals surface area (Å²) in [6, 6.07) is 9.83. The molecule has 0 radical (unpaired) electrons. The zero-order chi connectivity index (χ0) is 12.5. The van der Waals surface area contributed by atoms with Crippen LogP contribution in [0.15, 0.2) is 42.5 Å². The van der Waals surface area contributed by atoms with Gasteiger partial charge in [-0.15, -0.1) is 0 Å². The third-order valence-corrected chi connectivity index (χ3v) is 2.28. The maximum atomic E-state index is 12.4. The first-order chi connectivity index (χ1) is 7.97. The predicted molar refractivity (Wildman–Crippen MR) is 59.1 cm³/mol. The number of rotatable bonds is 1. The Labute approximate surface area is 95.9 Å². The highest BCUT2D eigenvalue weighted by Gasteiger charge is 2.29. The van der Waals surface area contributed by atoms with Crippen LogP contribution in [0, 0.1) is 0 Å². The molecule has 0 aliphatic heterocycles. The molecule has 17 heavy (non-hydrogen) atoms. The fourth-order valence-corrected chi connectivity index (χ4v) is 1.44. The molecule has 2 rings (SSSR count). The summed E-state index contributed by atoms with van der Waals surface area (Å²) < 4.78 is 37.1. The van der Waals surface area contributed by atoms with Crippen molar-refractivity contribution in [2.45, 2.75) is 6.18 Å². The highest BCUT2D eigenvalue weighted by atomic mass is 19.4. The summed E-state index contributed by atoms with van der Waals surface area (Å²) in [5.41, 5.74) is 5.98. The van der Waals surface area contributed by atoms with Crippen LogP contribution in [0.25, 0.3) is 11.3 Å². The minimum Gasteiger partial charge on any atom is -0.384 e. The van der Waals surface area contributed by atoms with Gasteiger partial charge in [-0.2, -0.15) is 13.2 Å². The Balaban J connectivity index is 2.36. The molecule has 0 saturated heterocycles. The average Bonchev–Trinajstić information content (AvgIpc) is 2.28. The van der Waals surface area contributed by atoms with Gasteiger partial charge in [0.15, 0.2) is 0 Å². The number of benzene rings is 1. The Kier molecular flexibility index (Phi) is 2.75. The number of hydrogen-bond acceptors (Lipinski definition) is 2. The third-order valence-electron chi connectivity index (χ3n) is 2.28. The van der Waals surface area contributed by atoms with Crippen molar-refractivity contribution in [3.63, 3.8) is 0 Å². The molecule has 2 aromatic rings. The number of hydrogen-bond donors (Lipinski definition) is 1. The van der Waals surface area contributed by atoms with Gasteiger partial charge in [0.25, 0.3) is 0 Å². The first-order valence-electron chi connectivity index (χ1n) is 4.87. The van der Waals surface area contributed by atoms with Crippen LogP contribution in [0.4, 0.5) is 19.0 Å². The van der Waals surface area contributed by atoms with Crippen molar-refractivity contribution in [2.75, 3.05) is 5.73 Å². The van der Waals surface area contributed by atoms with Gasteiger partial charge >= 0.3 is 6.18 Å². The second-order valence-electron chi connectivity index (χ2n) is 3.52. The smallest absolute Gasteiger partial charge is 0.384 e. The summed E-state index contributed by atoms with van der Waals surface area (Å²) in [6.07, 6.45) is -4.32. The van der Waals surface area contributed by atoms with E-state index in [1.54, 1.807) is 18.2 Å². The second-order valence-corrected chi connectivity index (χ2v) is 3.52. The molecule has 1 heterocycles. The molecule has 0 aliphatic rings. The SMILES string of the molecule is Nc1cccc(-c2ccc(C(F)(F)F)cc2)n1. The van der Waals surface area contributed by atoms with E-state index in [9.17, 15) is 13.2 Å². The lowest BCUT2D eigenvalue weighted by Crippen LogP contribution is -2.04. The summed E-state index contributed by atoms with van der Waals surface area (Å²) in [5.74, 6) is 0.336. The molecule has 0 saturated carbocycles. The van der Waals surface area contributed by atoms with Crippen molar-refractivity contribution in [1.29, 1.82) is 0 Å². The lowest BCUT2D eigenvalue weighted by molar-refractivity contribution is -0.137. The number of nitrogens with two attached hydrogens (primary N) is 1. The number of alkyl halides is 3. The van der Waals surface area contributed by atoms with Gasteiger partial charge < -0.3 is 5.73 Å². The van der Waals surface area contributed by atoms with Crippen LogP contribution in [0.3, 0.4) is 0 Å². The summed E-state index contributed by atoms with van der Waals surface area (Å²) in [5, 5.41) is 0. The van der Waals surface area contributed by atoms with Gasteiger partial charge in [0.2, 0.25) is 0 Å². The lowest BCUT2D eigenvalue weighted by atomic mass is 10.1. The maximum Gasteiger partial charge on any atom is 0.416 e. The van der Waals surface area contributed by atoms with Gasteiger partial charge in [-0.3, -0.25) is 0 Å². The van der Waals surface area contributed by atoms with Crippen LogP contribution in [-0.2, 0) is 6.18 Å². The Morgan fingerprint density at radius 2 is 1.59 bits per heavy atom. The number of aromatic nitrogens is 1. The summed E-state index contributed by atoms with van der Waals surface area (Å²) in [6.45, 7) is 0. The number of halogens is 3. The number of pyridine rings is 1. The molecule has 0 unspecified atom stereocenters. The molecule has 2 nitrogen and oxygen atoms in total. The minimum atomic E-state index is -4.32. The van der Waals surface area contributed by atoms with E-state index in [0.29, 0.717) is 17.1 Å². The first-order valence-corrected chi connectivity index (χ1v) is 4.87. The van der Waals surface area contributed by atoms with Crippen molar-refractivity contribution in [3.8, 4) is 11.3 Å². The van der Waals surface area contributed by atoms with E-state index in [-0.39, 0.29) is 0 Å². The topological polar surface area (TPSA) is 38.9 Å². The van der Waals surface area contributed by atoms with Crippen molar-refractivity contribution in [1.82, 2.24) is 4.98 Å². The van der Waals surface area contributed by atoms with Crippen molar-refractivity contribution < 1.29 is 13.2 Å². The lowest BCUT2D eigenvalue weighted by Gasteiger charge is -2.07. The normalized spacial score (nSPS) is 11.5. The Morgan fingerprint density at radius 3 is 2.12 bits per heavy atom. The zero-order valence-corrected chi connectivity index (χ0v) is 8.70. The molecule has 0 amide bonds. The van der Waals surface area contributed by atoms with Crippen molar-refractivity contribution in [3.05, 3.63) is 48.0 Å². The van der Waals surface area contributed by atoms with Gasteiger partial charge in [0.05, 0.1) is 11.3 Å². The fraction of sp³-hybridized carbons (Fsp3) is 0.0833. The van der Waals surface area contributed by atoms with E-state index in [4.69, 9.17) is 5.73 Å². The molecule has 0 spiro atoms. The van der Waals surface area contributed by atoms with Crippen LogP contribution in [0.1, 0.15) is 5.56 Å². The molecular weight excluding hydrogens is 229 g/mol. The van der Waals surface area contributed by atoms with Crippen LogP contribution in [-0.4, -0.2) is 4.98 Å². The number of anilines is 1. The first kappa shape index (κ1) is 11.4. The largest absolute Gasteiger partial charge is 0.416 e. The molecule has 1 aromatic carbocycles. The Morgan fingerprint density at radius 1 is 0.941 bits per heavy atom. The zero-order valence-electron chi connectivity index (χ0n) is 8.70. The van der Waals surface area contributed by atoms with E-state index in [0.717, 1.165) is 12.1 Å². The molecule has 0 bridgehead atoms. The van der Waals surface area contributed by atoms with Crippen LogP contribution < -0.4 is 5.73 Å². The van der Waals surface area contributed by atoms with E-state index in [2.05, 4.69) is 4.98 Å². The summed E-state index contributed by atoms with van der Waals surface area (Å²) >= 11 is 0. The number of nitrogens with zero attached hydrogens (tertiary/aromatic N) is 1. The molecule has 88 valence electrons. The van der Waals surface area contributed by atoms with Crippen molar-refractivity contribution in [2.24, 2.45) is 0 Å². The van der Waals surface area contributed by atoms with Gasteiger partial charge in [-0.1, -0.05) is 18.2 Å². The van der Waals surface area contributed by atoms with Crippen molar-refractivity contribution >= 4 is 5.82 Å². The van der Waals surface area contributed by atoms with Gasteiger partial charge in [-0.25, -0.2) is 4.98 Å². The minimum absolute atomic E-state index is 0.336. The molecular formula is C12H9F3N2. The Hall–Kier alpha value is -2.04. The molecule has 2 N–H and O–H groups in total.